The van der Waals surface area contributed by atoms with Gasteiger partial charge in [0.15, 0.2) is 5.83 Å². The lowest BCUT2D eigenvalue weighted by molar-refractivity contribution is -0.130. The number of carbonyl (C=O) groups is 1. The maximum absolute atomic E-state index is 16.7. The van der Waals surface area contributed by atoms with Gasteiger partial charge < -0.3 is 19.4 Å². The molecule has 1 fully saturated rings. The second-order valence-corrected chi connectivity index (χ2v) is 10.6. The van der Waals surface area contributed by atoms with Crippen LogP contribution in [0.2, 0.25) is 0 Å². The number of hydrogen-bond donors (Lipinski definition) is 0. The number of allylic oxidation sites excluding steroid dienone is 6. The molecule has 6 nitrogen and oxygen atoms in total. The van der Waals surface area contributed by atoms with Crippen LogP contribution in [0, 0.1) is 0 Å². The molecule has 0 saturated carbocycles. The Morgan fingerprint density at radius 3 is 2.31 bits per heavy atom. The molecule has 0 radical (unpaired) electrons. The Kier molecular flexibility index (Phi) is 9.56. The lowest BCUT2D eigenvalue weighted by atomic mass is 9.84. The third-order valence-corrected chi connectivity index (χ3v) is 7.45. The number of ether oxygens (including phenoxy) is 1. The molecule has 0 N–H and O–H groups in total. The molecule has 0 aromatic heterocycles. The zero-order valence-corrected chi connectivity index (χ0v) is 24.4. The van der Waals surface area contributed by atoms with E-state index in [9.17, 15) is 18.0 Å². The quantitative estimate of drug-likeness (QED) is 0.206. The SMILES string of the molecule is C=C(/N=C1/C(F)=C(c2cccc3ccccc23)C(C(F)(F)F)=C/C1=C(/C)N1CCN(C(C)=O)CC1)OCCCN(C)C. The van der Waals surface area contributed by atoms with Gasteiger partial charge in [0.25, 0.3) is 0 Å². The number of halogens is 4. The third kappa shape index (κ3) is 6.92. The van der Waals surface area contributed by atoms with Crippen molar-refractivity contribution in [1.29, 1.82) is 0 Å². The minimum atomic E-state index is -4.85. The highest BCUT2D eigenvalue weighted by Gasteiger charge is 2.43. The van der Waals surface area contributed by atoms with Crippen LogP contribution in [0.1, 0.15) is 25.8 Å². The first-order chi connectivity index (χ1) is 19.9. The number of hydrogen-bond acceptors (Lipinski definition) is 5. The highest BCUT2D eigenvalue weighted by Crippen LogP contribution is 2.45. The van der Waals surface area contributed by atoms with E-state index >= 15 is 4.39 Å². The van der Waals surface area contributed by atoms with Crippen molar-refractivity contribution in [3.05, 3.63) is 89.2 Å². The summed E-state index contributed by atoms with van der Waals surface area (Å²) in [6.07, 6.45) is -3.21. The van der Waals surface area contributed by atoms with Crippen LogP contribution in [0.25, 0.3) is 16.3 Å². The Bertz CT molecular complexity index is 1470. The minimum absolute atomic E-state index is 0.00173. The number of fused-ring (bicyclic) bond motifs is 1. The first-order valence-electron chi connectivity index (χ1n) is 13.8. The zero-order valence-electron chi connectivity index (χ0n) is 24.4. The van der Waals surface area contributed by atoms with Crippen LogP contribution in [0.4, 0.5) is 17.6 Å². The van der Waals surface area contributed by atoms with Gasteiger partial charge in [0, 0.05) is 56.5 Å². The maximum atomic E-state index is 16.7. The number of carbonyl (C=O) groups excluding carboxylic acids is 1. The Morgan fingerprint density at radius 2 is 1.67 bits per heavy atom. The number of rotatable bonds is 8. The largest absolute Gasteiger partial charge is 0.478 e. The van der Waals surface area contributed by atoms with Crippen molar-refractivity contribution >= 4 is 28.0 Å². The van der Waals surface area contributed by atoms with Crippen molar-refractivity contribution in [1.82, 2.24) is 14.7 Å². The Balaban J connectivity index is 1.86. The molecule has 2 aromatic carbocycles. The summed E-state index contributed by atoms with van der Waals surface area (Å²) in [5, 5.41) is 1.17. The summed E-state index contributed by atoms with van der Waals surface area (Å²) in [6.45, 7) is 9.55. The van der Waals surface area contributed by atoms with Crippen LogP contribution in [-0.2, 0) is 9.53 Å². The number of nitrogens with zero attached hydrogens (tertiary/aromatic N) is 4. The minimum Gasteiger partial charge on any atom is -0.478 e. The molecule has 1 amide bonds. The van der Waals surface area contributed by atoms with E-state index in [1.54, 1.807) is 48.2 Å². The van der Waals surface area contributed by atoms with Gasteiger partial charge in [-0.25, -0.2) is 9.38 Å². The van der Waals surface area contributed by atoms with Crippen LogP contribution in [-0.4, -0.2) is 85.9 Å². The molecular formula is C32H36F4N4O2. The van der Waals surface area contributed by atoms with Crippen LogP contribution < -0.4 is 0 Å². The second-order valence-electron chi connectivity index (χ2n) is 10.6. The highest BCUT2D eigenvalue weighted by molar-refractivity contribution is 6.22. The number of piperazine rings is 1. The third-order valence-electron chi connectivity index (χ3n) is 7.45. The summed E-state index contributed by atoms with van der Waals surface area (Å²) in [4.78, 5) is 21.7. The molecule has 4 rings (SSSR count). The predicted molar refractivity (Wildman–Crippen MR) is 158 cm³/mol. The monoisotopic (exact) mass is 584 g/mol. The number of alkyl halides is 3. The topological polar surface area (TPSA) is 48.4 Å². The number of aliphatic imine (C=N–C) groups is 1. The van der Waals surface area contributed by atoms with Crippen LogP contribution >= 0.6 is 0 Å². The summed E-state index contributed by atoms with van der Waals surface area (Å²) in [5.74, 6) is -1.27. The Morgan fingerprint density at radius 1 is 1.02 bits per heavy atom. The van der Waals surface area contributed by atoms with Crippen LogP contribution in [0.5, 0.6) is 0 Å². The molecule has 2 aliphatic rings. The normalized spacial score (nSPS) is 18.6. The van der Waals surface area contributed by atoms with Gasteiger partial charge in [0.1, 0.15) is 5.71 Å². The summed E-state index contributed by atoms with van der Waals surface area (Å²) < 4.78 is 66.4. The van der Waals surface area contributed by atoms with Gasteiger partial charge in [-0.1, -0.05) is 42.5 Å². The van der Waals surface area contributed by atoms with Gasteiger partial charge in [-0.3, -0.25) is 4.79 Å². The summed E-state index contributed by atoms with van der Waals surface area (Å²) in [6, 6.07) is 11.8. The van der Waals surface area contributed by atoms with Crippen LogP contribution in [0.15, 0.2) is 88.7 Å². The fraction of sp³-hybridized carbons (Fsp3) is 0.375. The van der Waals surface area contributed by atoms with E-state index in [1.165, 1.54) is 13.0 Å². The molecule has 1 heterocycles. The number of amides is 1. The summed E-state index contributed by atoms with van der Waals surface area (Å²) in [5.41, 5.74) is -1.40. The lowest BCUT2D eigenvalue weighted by Crippen LogP contribution is -2.47. The molecule has 1 saturated heterocycles. The smallest absolute Gasteiger partial charge is 0.417 e. The molecule has 42 heavy (non-hydrogen) atoms. The molecule has 0 spiro atoms. The molecule has 0 bridgehead atoms. The van der Waals surface area contributed by atoms with E-state index in [-0.39, 0.29) is 35.2 Å². The molecule has 2 aromatic rings. The van der Waals surface area contributed by atoms with Gasteiger partial charge in [-0.05, 0) is 56.4 Å². The van der Waals surface area contributed by atoms with Crippen molar-refractivity contribution in [3.8, 4) is 0 Å². The van der Waals surface area contributed by atoms with E-state index in [0.717, 1.165) is 12.6 Å². The van der Waals surface area contributed by atoms with E-state index in [4.69, 9.17) is 4.74 Å². The first kappa shape index (κ1) is 31.0. The van der Waals surface area contributed by atoms with Gasteiger partial charge >= 0.3 is 6.18 Å². The first-order valence-corrected chi connectivity index (χ1v) is 13.8. The summed E-state index contributed by atoms with van der Waals surface area (Å²) in [7, 11) is 3.85. The molecule has 1 aliphatic heterocycles. The van der Waals surface area contributed by atoms with Gasteiger partial charge in [0.2, 0.25) is 11.8 Å². The zero-order chi connectivity index (χ0) is 30.6. The average molecular weight is 585 g/mol. The van der Waals surface area contributed by atoms with Gasteiger partial charge in [0.05, 0.1) is 12.2 Å². The fourth-order valence-electron chi connectivity index (χ4n) is 5.21. The van der Waals surface area contributed by atoms with Gasteiger partial charge in [-0.15, -0.1) is 0 Å². The van der Waals surface area contributed by atoms with E-state index in [0.29, 0.717) is 49.1 Å². The van der Waals surface area contributed by atoms with Crippen LogP contribution in [0.3, 0.4) is 0 Å². The Labute approximate surface area is 243 Å². The second kappa shape index (κ2) is 12.9. The summed E-state index contributed by atoms with van der Waals surface area (Å²) >= 11 is 0. The molecule has 0 unspecified atom stereocenters. The van der Waals surface area contributed by atoms with E-state index in [2.05, 4.69) is 11.6 Å². The number of benzene rings is 2. The van der Waals surface area contributed by atoms with Crippen molar-refractivity contribution in [2.45, 2.75) is 26.4 Å². The molecular weight excluding hydrogens is 548 g/mol. The standard InChI is InChI=1S/C32H36F4N4O2/c1-21(39-15-17-40(18-16-39)23(3)41)27-20-28(32(34,35)36)29(26-13-8-11-24-10-6-7-12-25(24)26)30(33)31(27)37-22(2)42-19-9-14-38(4)5/h6-8,10-13,20H,2,9,14-19H2,1,3-5H3/b27-21+,37-31+. The predicted octanol–water partition coefficient (Wildman–Crippen LogP) is 6.34. The van der Waals surface area contributed by atoms with Crippen molar-refractivity contribution < 1.29 is 27.1 Å². The van der Waals surface area contributed by atoms with Crippen molar-refractivity contribution in [2.75, 3.05) is 53.4 Å². The van der Waals surface area contributed by atoms with E-state index < -0.39 is 23.1 Å². The molecule has 0 atom stereocenters. The highest BCUT2D eigenvalue weighted by atomic mass is 19.4. The van der Waals surface area contributed by atoms with Gasteiger partial charge in [-0.2, -0.15) is 13.2 Å². The maximum Gasteiger partial charge on any atom is 0.417 e. The molecule has 224 valence electrons. The molecule has 10 heteroatoms. The fourth-order valence-corrected chi connectivity index (χ4v) is 5.21. The average Bonchev–Trinajstić information content (AvgIpc) is 2.95. The van der Waals surface area contributed by atoms with E-state index in [1.807, 2.05) is 23.9 Å². The van der Waals surface area contributed by atoms with Crippen molar-refractivity contribution in [3.63, 3.8) is 0 Å². The Hall–Kier alpha value is -3.92. The lowest BCUT2D eigenvalue weighted by Gasteiger charge is -2.37. The molecule has 1 aliphatic carbocycles. The van der Waals surface area contributed by atoms with Crippen molar-refractivity contribution in [2.24, 2.45) is 4.99 Å².